The first-order valence-electron chi connectivity index (χ1n) is 11.7. The Morgan fingerprint density at radius 1 is 1.32 bits per heavy atom. The minimum absolute atomic E-state index is 0.0229. The Bertz CT molecular complexity index is 945. The molecule has 10 heteroatoms. The first kappa shape index (κ1) is 25.9. The molecule has 1 fully saturated rings. The quantitative estimate of drug-likeness (QED) is 0.626. The molecule has 3 amide bonds. The Morgan fingerprint density at radius 2 is 2.03 bits per heavy atom. The van der Waals surface area contributed by atoms with Crippen LogP contribution >= 0.6 is 0 Å². The van der Waals surface area contributed by atoms with E-state index < -0.39 is 17.9 Å². The molecule has 0 spiro atoms. The molecule has 0 saturated carbocycles. The normalized spacial score (nSPS) is 19.6. The van der Waals surface area contributed by atoms with Crippen LogP contribution in [0.1, 0.15) is 56.5 Å². The Morgan fingerprint density at radius 3 is 2.62 bits per heavy atom. The standard InChI is InChI=1S/C24H34F2N4O4/c1-14(2)30(16-7-6-8-27-13-16)22(32)17-12-18-19(11-15(17)3)34-24(4,5)23(33)29(18)10-9-28-21(31)20(25)26/h11-12,14,16,20,27H,6-10,13H2,1-5H3,(H,28,31). The van der Waals surface area contributed by atoms with Crippen molar-refractivity contribution in [1.82, 2.24) is 15.5 Å². The van der Waals surface area contributed by atoms with Crippen molar-refractivity contribution in [3.8, 4) is 5.75 Å². The number of halogens is 2. The van der Waals surface area contributed by atoms with Crippen LogP contribution in [-0.4, -0.2) is 72.9 Å². The molecule has 0 bridgehead atoms. The zero-order valence-electron chi connectivity index (χ0n) is 20.4. The highest BCUT2D eigenvalue weighted by molar-refractivity contribution is 6.05. The Balaban J connectivity index is 1.95. The van der Waals surface area contributed by atoms with E-state index >= 15 is 0 Å². The number of aryl methyl sites for hydroxylation is 1. The SMILES string of the molecule is Cc1cc2c(cc1C(=O)N(C(C)C)C1CCCNC1)N(CCNC(=O)C(F)F)C(=O)C(C)(C)O2. The number of benzene rings is 1. The van der Waals surface area contributed by atoms with Crippen LogP contribution in [0.3, 0.4) is 0 Å². The van der Waals surface area contributed by atoms with Crippen molar-refractivity contribution in [2.45, 2.75) is 71.6 Å². The lowest BCUT2D eigenvalue weighted by atomic mass is 9.97. The summed E-state index contributed by atoms with van der Waals surface area (Å²) in [5, 5.41) is 5.48. The van der Waals surface area contributed by atoms with Gasteiger partial charge in [-0.3, -0.25) is 14.4 Å². The van der Waals surface area contributed by atoms with Gasteiger partial charge in [0.25, 0.3) is 17.7 Å². The predicted octanol–water partition coefficient (Wildman–Crippen LogP) is 2.48. The van der Waals surface area contributed by atoms with E-state index in [2.05, 4.69) is 10.6 Å². The van der Waals surface area contributed by atoms with E-state index in [0.717, 1.165) is 25.9 Å². The van der Waals surface area contributed by atoms with Gasteiger partial charge in [-0.25, -0.2) is 0 Å². The van der Waals surface area contributed by atoms with Crippen LogP contribution in [0.4, 0.5) is 14.5 Å². The third-order valence-electron chi connectivity index (χ3n) is 6.24. The molecule has 0 radical (unpaired) electrons. The molecule has 34 heavy (non-hydrogen) atoms. The first-order valence-corrected chi connectivity index (χ1v) is 11.7. The molecule has 188 valence electrons. The summed E-state index contributed by atoms with van der Waals surface area (Å²) in [6, 6.07) is 3.42. The second-order valence-corrected chi connectivity index (χ2v) is 9.60. The maximum absolute atomic E-state index is 13.7. The molecule has 3 rings (SSSR count). The molecule has 1 saturated heterocycles. The monoisotopic (exact) mass is 480 g/mol. The number of carbonyl (C=O) groups excluding carboxylic acids is 3. The minimum atomic E-state index is -3.13. The van der Waals surface area contributed by atoms with E-state index in [0.29, 0.717) is 22.6 Å². The van der Waals surface area contributed by atoms with Crippen molar-refractivity contribution < 1.29 is 27.9 Å². The van der Waals surface area contributed by atoms with Crippen LogP contribution < -0.4 is 20.3 Å². The van der Waals surface area contributed by atoms with Gasteiger partial charge in [0.1, 0.15) is 5.75 Å². The predicted molar refractivity (Wildman–Crippen MR) is 124 cm³/mol. The van der Waals surface area contributed by atoms with Crippen molar-refractivity contribution in [2.24, 2.45) is 0 Å². The van der Waals surface area contributed by atoms with Gasteiger partial charge in [0.15, 0.2) is 5.60 Å². The molecular formula is C24H34F2N4O4. The fourth-order valence-corrected chi connectivity index (χ4v) is 4.57. The summed E-state index contributed by atoms with van der Waals surface area (Å²) in [6.07, 6.45) is -1.24. The number of carbonyl (C=O) groups is 3. The number of alkyl halides is 2. The number of nitrogens with one attached hydrogen (secondary N) is 2. The van der Waals surface area contributed by atoms with Gasteiger partial charge in [-0.1, -0.05) is 0 Å². The molecule has 2 aliphatic heterocycles. The third-order valence-corrected chi connectivity index (χ3v) is 6.24. The lowest BCUT2D eigenvalue weighted by molar-refractivity contribution is -0.133. The van der Waals surface area contributed by atoms with Crippen LogP contribution in [0.5, 0.6) is 5.75 Å². The minimum Gasteiger partial charge on any atom is -0.476 e. The van der Waals surface area contributed by atoms with Crippen molar-refractivity contribution >= 4 is 23.4 Å². The largest absolute Gasteiger partial charge is 0.476 e. The van der Waals surface area contributed by atoms with Crippen molar-refractivity contribution in [3.05, 3.63) is 23.3 Å². The number of piperidine rings is 1. The Hall–Kier alpha value is -2.75. The van der Waals surface area contributed by atoms with Crippen molar-refractivity contribution in [2.75, 3.05) is 31.1 Å². The number of rotatable bonds is 7. The summed E-state index contributed by atoms with van der Waals surface area (Å²) in [5.41, 5.74) is 0.371. The van der Waals surface area contributed by atoms with E-state index in [4.69, 9.17) is 4.74 Å². The maximum Gasteiger partial charge on any atom is 0.315 e. The topological polar surface area (TPSA) is 91.0 Å². The molecule has 8 nitrogen and oxygen atoms in total. The summed E-state index contributed by atoms with van der Waals surface area (Å²) < 4.78 is 31.0. The molecule has 1 atom stereocenters. The molecule has 2 heterocycles. The summed E-state index contributed by atoms with van der Waals surface area (Å²) in [5.74, 6) is -1.49. The van der Waals surface area contributed by atoms with Crippen molar-refractivity contribution in [1.29, 1.82) is 0 Å². The van der Waals surface area contributed by atoms with Gasteiger partial charge in [0.05, 0.1) is 5.69 Å². The van der Waals surface area contributed by atoms with E-state index in [1.807, 2.05) is 25.7 Å². The zero-order chi connectivity index (χ0) is 25.2. The van der Waals surface area contributed by atoms with Gasteiger partial charge in [0.2, 0.25) is 0 Å². The molecule has 0 aromatic heterocycles. The number of hydrogen-bond acceptors (Lipinski definition) is 5. The number of amides is 3. The number of fused-ring (bicyclic) bond motifs is 1. The highest BCUT2D eigenvalue weighted by Gasteiger charge is 2.42. The second-order valence-electron chi connectivity index (χ2n) is 9.60. The molecule has 0 aliphatic carbocycles. The molecule has 2 aliphatic rings. The average molecular weight is 481 g/mol. The summed E-state index contributed by atoms with van der Waals surface area (Å²) in [6.45, 7) is 10.5. The van der Waals surface area contributed by atoms with Gasteiger partial charge in [-0.15, -0.1) is 0 Å². The van der Waals surface area contributed by atoms with Crippen LogP contribution in [0, 0.1) is 6.92 Å². The maximum atomic E-state index is 13.7. The van der Waals surface area contributed by atoms with E-state index in [9.17, 15) is 23.2 Å². The second kappa shape index (κ2) is 10.2. The highest BCUT2D eigenvalue weighted by Crippen LogP contribution is 2.40. The van der Waals surface area contributed by atoms with Gasteiger partial charge in [-0.05, 0) is 71.7 Å². The van der Waals surface area contributed by atoms with Gasteiger partial charge in [-0.2, -0.15) is 8.78 Å². The fourth-order valence-electron chi connectivity index (χ4n) is 4.57. The first-order chi connectivity index (χ1) is 15.9. The molecule has 1 unspecified atom stereocenters. The number of anilines is 1. The molecule has 2 N–H and O–H groups in total. The summed E-state index contributed by atoms with van der Waals surface area (Å²) in [4.78, 5) is 41.4. The number of hydrogen-bond donors (Lipinski definition) is 2. The summed E-state index contributed by atoms with van der Waals surface area (Å²) in [7, 11) is 0. The molecule has 1 aromatic rings. The lowest BCUT2D eigenvalue weighted by Crippen LogP contribution is -2.54. The molecule has 1 aromatic carbocycles. The average Bonchev–Trinajstić information content (AvgIpc) is 2.76. The summed E-state index contributed by atoms with van der Waals surface area (Å²) >= 11 is 0. The van der Waals surface area contributed by atoms with E-state index in [-0.39, 0.29) is 37.0 Å². The van der Waals surface area contributed by atoms with Gasteiger partial charge < -0.3 is 25.2 Å². The Kier molecular flexibility index (Phi) is 7.80. The van der Waals surface area contributed by atoms with Gasteiger partial charge >= 0.3 is 6.43 Å². The third kappa shape index (κ3) is 5.32. The van der Waals surface area contributed by atoms with E-state index in [1.54, 1.807) is 26.0 Å². The smallest absolute Gasteiger partial charge is 0.315 e. The van der Waals surface area contributed by atoms with Crippen LogP contribution in [0.15, 0.2) is 12.1 Å². The fraction of sp³-hybridized carbons (Fsp3) is 0.625. The number of nitrogens with zero attached hydrogens (tertiary/aromatic N) is 2. The van der Waals surface area contributed by atoms with Gasteiger partial charge in [0, 0.05) is 37.3 Å². The number of ether oxygens (including phenoxy) is 1. The lowest BCUT2D eigenvalue weighted by Gasteiger charge is -2.40. The molecular weight excluding hydrogens is 446 g/mol. The van der Waals surface area contributed by atoms with Crippen LogP contribution in [0.25, 0.3) is 0 Å². The van der Waals surface area contributed by atoms with Crippen LogP contribution in [0.2, 0.25) is 0 Å². The highest BCUT2D eigenvalue weighted by atomic mass is 19.3. The van der Waals surface area contributed by atoms with Crippen LogP contribution in [-0.2, 0) is 9.59 Å². The van der Waals surface area contributed by atoms with E-state index in [1.165, 1.54) is 4.90 Å². The Labute approximate surface area is 199 Å². The zero-order valence-corrected chi connectivity index (χ0v) is 20.4. The van der Waals surface area contributed by atoms with Crippen molar-refractivity contribution in [3.63, 3.8) is 0 Å².